The third kappa shape index (κ3) is 4.09. The molecular weight excluding hydrogens is 315 g/mol. The number of hydrogen-bond donors (Lipinski definition) is 0. The van der Waals surface area contributed by atoms with E-state index in [4.69, 9.17) is 9.73 Å². The lowest BCUT2D eigenvalue weighted by Crippen LogP contribution is -2.29. The Morgan fingerprint density at radius 3 is 2.70 bits per heavy atom. The summed E-state index contributed by atoms with van der Waals surface area (Å²) in [6.07, 6.45) is 0. The van der Waals surface area contributed by atoms with E-state index >= 15 is 0 Å². The summed E-state index contributed by atoms with van der Waals surface area (Å²) in [4.78, 5) is 6.93. The van der Waals surface area contributed by atoms with E-state index in [2.05, 4.69) is 4.90 Å². The molecule has 3 rings (SSSR count). The van der Waals surface area contributed by atoms with E-state index in [9.17, 15) is 4.39 Å². The quantitative estimate of drug-likeness (QED) is 0.859. The van der Waals surface area contributed by atoms with E-state index in [1.54, 1.807) is 6.07 Å². The van der Waals surface area contributed by atoms with E-state index in [1.165, 1.54) is 12.1 Å². The van der Waals surface area contributed by atoms with Crippen molar-refractivity contribution in [3.63, 3.8) is 0 Å². The van der Waals surface area contributed by atoms with Crippen LogP contribution in [0.1, 0.15) is 11.1 Å². The maximum absolute atomic E-state index is 13.6. The van der Waals surface area contributed by atoms with Gasteiger partial charge in [-0.15, -0.1) is 12.4 Å². The molecule has 5 heteroatoms. The Balaban J connectivity index is 0.00000192. The van der Waals surface area contributed by atoms with Crippen molar-refractivity contribution in [3.05, 3.63) is 65.5 Å². The minimum atomic E-state index is -0.257. The summed E-state index contributed by atoms with van der Waals surface area (Å²) in [6, 6.07) is 14.4. The van der Waals surface area contributed by atoms with E-state index < -0.39 is 0 Å². The number of likely N-dealkylation sites (N-methyl/N-ethyl adjacent to an activating group) is 1. The predicted octanol–water partition coefficient (Wildman–Crippen LogP) is 3.41. The molecule has 0 bridgehead atoms. The van der Waals surface area contributed by atoms with Gasteiger partial charge in [0, 0.05) is 17.7 Å². The van der Waals surface area contributed by atoms with Gasteiger partial charge in [-0.25, -0.2) is 4.39 Å². The molecule has 1 heterocycles. The van der Waals surface area contributed by atoms with Crippen LogP contribution in [0.3, 0.4) is 0 Å². The molecule has 23 heavy (non-hydrogen) atoms. The van der Waals surface area contributed by atoms with Gasteiger partial charge in [0.05, 0.1) is 11.8 Å². The molecule has 0 saturated heterocycles. The number of benzene rings is 2. The number of hydrogen-bond acceptors (Lipinski definition) is 3. The Morgan fingerprint density at radius 2 is 1.96 bits per heavy atom. The van der Waals surface area contributed by atoms with Crippen LogP contribution in [0, 0.1) is 5.82 Å². The lowest BCUT2D eigenvalue weighted by molar-refractivity contribution is 0.258. The second-order valence-corrected chi connectivity index (χ2v) is 5.71. The highest BCUT2D eigenvalue weighted by Crippen LogP contribution is 2.26. The normalized spacial score (nSPS) is 16.7. The summed E-state index contributed by atoms with van der Waals surface area (Å²) in [7, 11) is 4.02. The molecule has 1 unspecified atom stereocenters. The predicted molar refractivity (Wildman–Crippen MR) is 93.6 cm³/mol. The Labute approximate surface area is 142 Å². The van der Waals surface area contributed by atoms with Crippen LogP contribution < -0.4 is 4.74 Å². The minimum Gasteiger partial charge on any atom is -0.491 e. The van der Waals surface area contributed by atoms with Gasteiger partial charge < -0.3 is 9.64 Å². The van der Waals surface area contributed by atoms with Crippen molar-refractivity contribution in [1.82, 2.24) is 4.90 Å². The standard InChI is InChI=1S/C18H19FN2O.ClH/c1-21(2)11-15-12-22-17-9-4-3-8-16(17)18(20-15)13-6-5-7-14(19)10-13;/h3-10,15H,11-12H2,1-2H3;1H. The van der Waals surface area contributed by atoms with E-state index in [-0.39, 0.29) is 24.3 Å². The number of para-hydroxylation sites is 1. The summed E-state index contributed by atoms with van der Waals surface area (Å²) < 4.78 is 19.5. The molecule has 0 saturated carbocycles. The molecule has 122 valence electrons. The summed E-state index contributed by atoms with van der Waals surface area (Å²) in [5, 5.41) is 0. The molecule has 2 aromatic carbocycles. The second-order valence-electron chi connectivity index (χ2n) is 5.71. The van der Waals surface area contributed by atoms with Crippen LogP contribution in [0.4, 0.5) is 4.39 Å². The molecule has 1 atom stereocenters. The number of halogens is 2. The van der Waals surface area contributed by atoms with E-state index in [0.717, 1.165) is 29.1 Å². The molecule has 0 amide bonds. The smallest absolute Gasteiger partial charge is 0.128 e. The number of ether oxygens (including phenoxy) is 1. The molecule has 3 nitrogen and oxygen atoms in total. The molecule has 0 fully saturated rings. The summed E-state index contributed by atoms with van der Waals surface area (Å²) in [5.41, 5.74) is 2.48. The summed E-state index contributed by atoms with van der Waals surface area (Å²) in [6.45, 7) is 1.31. The molecule has 0 N–H and O–H groups in total. The monoisotopic (exact) mass is 334 g/mol. The van der Waals surface area contributed by atoms with Gasteiger partial charge in [0.2, 0.25) is 0 Å². The van der Waals surface area contributed by atoms with Gasteiger partial charge in [0.15, 0.2) is 0 Å². The Kier molecular flexibility index (Phi) is 5.74. The molecule has 1 aliphatic rings. The zero-order chi connectivity index (χ0) is 15.5. The van der Waals surface area contributed by atoms with Crippen LogP contribution in [0.2, 0.25) is 0 Å². The zero-order valence-electron chi connectivity index (χ0n) is 13.2. The van der Waals surface area contributed by atoms with E-state index in [1.807, 2.05) is 44.4 Å². The van der Waals surface area contributed by atoms with Crippen LogP contribution in [-0.2, 0) is 0 Å². The van der Waals surface area contributed by atoms with Crippen molar-refractivity contribution < 1.29 is 9.13 Å². The lowest BCUT2D eigenvalue weighted by atomic mass is 10.0. The van der Waals surface area contributed by atoms with Crippen LogP contribution in [0.15, 0.2) is 53.5 Å². The van der Waals surface area contributed by atoms with Crippen LogP contribution >= 0.6 is 12.4 Å². The highest BCUT2D eigenvalue weighted by atomic mass is 35.5. The van der Waals surface area contributed by atoms with Gasteiger partial charge in [0.25, 0.3) is 0 Å². The average Bonchev–Trinajstić information content (AvgIpc) is 2.67. The fraction of sp³-hybridized carbons (Fsp3) is 0.278. The highest BCUT2D eigenvalue weighted by molar-refractivity contribution is 6.14. The fourth-order valence-electron chi connectivity index (χ4n) is 2.64. The third-order valence-electron chi connectivity index (χ3n) is 3.56. The third-order valence-corrected chi connectivity index (χ3v) is 3.56. The van der Waals surface area contributed by atoms with Gasteiger partial charge in [-0.1, -0.05) is 24.3 Å². The average molecular weight is 335 g/mol. The Bertz CT molecular complexity index is 703. The van der Waals surface area contributed by atoms with Crippen molar-refractivity contribution in [2.24, 2.45) is 4.99 Å². The second kappa shape index (κ2) is 7.57. The summed E-state index contributed by atoms with van der Waals surface area (Å²) >= 11 is 0. The van der Waals surface area contributed by atoms with Gasteiger partial charge in [-0.05, 0) is 38.4 Å². The van der Waals surface area contributed by atoms with Crippen molar-refractivity contribution >= 4 is 18.1 Å². The van der Waals surface area contributed by atoms with Crippen molar-refractivity contribution in [3.8, 4) is 5.75 Å². The van der Waals surface area contributed by atoms with Gasteiger partial charge in [0.1, 0.15) is 18.2 Å². The first-order chi connectivity index (χ1) is 10.6. The number of nitrogens with zero attached hydrogens (tertiary/aromatic N) is 2. The molecule has 0 aromatic heterocycles. The van der Waals surface area contributed by atoms with Crippen molar-refractivity contribution in [1.29, 1.82) is 0 Å². The number of fused-ring (bicyclic) bond motifs is 1. The number of rotatable bonds is 3. The Morgan fingerprint density at radius 1 is 1.17 bits per heavy atom. The van der Waals surface area contributed by atoms with E-state index in [0.29, 0.717) is 6.61 Å². The van der Waals surface area contributed by atoms with Crippen LogP contribution in [0.25, 0.3) is 0 Å². The van der Waals surface area contributed by atoms with Crippen molar-refractivity contribution in [2.75, 3.05) is 27.2 Å². The largest absolute Gasteiger partial charge is 0.491 e. The highest BCUT2D eigenvalue weighted by Gasteiger charge is 2.21. The minimum absolute atomic E-state index is 0. The first kappa shape index (κ1) is 17.4. The molecule has 0 spiro atoms. The maximum atomic E-state index is 13.6. The number of aliphatic imine (C=N–C) groups is 1. The van der Waals surface area contributed by atoms with Gasteiger partial charge in [-0.2, -0.15) is 0 Å². The maximum Gasteiger partial charge on any atom is 0.128 e. The molecular formula is C18H20ClFN2O. The Hall–Kier alpha value is -1.91. The SMILES string of the molecule is CN(C)CC1COc2ccccc2C(c2cccc(F)c2)=N1.Cl. The van der Waals surface area contributed by atoms with Crippen LogP contribution in [-0.4, -0.2) is 43.9 Å². The first-order valence-corrected chi connectivity index (χ1v) is 7.34. The van der Waals surface area contributed by atoms with Crippen molar-refractivity contribution in [2.45, 2.75) is 6.04 Å². The lowest BCUT2D eigenvalue weighted by Gasteiger charge is -2.16. The molecule has 1 aliphatic heterocycles. The zero-order valence-corrected chi connectivity index (χ0v) is 14.0. The van der Waals surface area contributed by atoms with Gasteiger partial charge in [-0.3, -0.25) is 4.99 Å². The molecule has 2 aromatic rings. The van der Waals surface area contributed by atoms with Gasteiger partial charge >= 0.3 is 0 Å². The summed E-state index contributed by atoms with van der Waals surface area (Å²) in [5.74, 6) is 0.541. The fourth-order valence-corrected chi connectivity index (χ4v) is 2.64. The van der Waals surface area contributed by atoms with Crippen LogP contribution in [0.5, 0.6) is 5.75 Å². The topological polar surface area (TPSA) is 24.8 Å². The first-order valence-electron chi connectivity index (χ1n) is 7.34. The molecule has 0 radical (unpaired) electrons. The molecule has 0 aliphatic carbocycles.